The summed E-state index contributed by atoms with van der Waals surface area (Å²) < 4.78 is 17.0. The van der Waals surface area contributed by atoms with Crippen LogP contribution in [0, 0.1) is 12.8 Å². The van der Waals surface area contributed by atoms with Crippen molar-refractivity contribution in [3.63, 3.8) is 0 Å². The van der Waals surface area contributed by atoms with Crippen molar-refractivity contribution in [3.05, 3.63) is 101 Å². The number of benzene rings is 3. The molecule has 0 saturated carbocycles. The zero-order valence-corrected chi connectivity index (χ0v) is 30.2. The smallest absolute Gasteiger partial charge is 0.408 e. The van der Waals surface area contributed by atoms with Crippen LogP contribution in [0.2, 0.25) is 0 Å². The molecule has 0 aromatic heterocycles. The Morgan fingerprint density at radius 3 is 2.52 bits per heavy atom. The molecule has 3 N–H and O–H groups in total. The fraction of sp³-hybridized carbons (Fsp3) is 0.463. The van der Waals surface area contributed by atoms with E-state index in [1.807, 2.05) is 67.6 Å². The van der Waals surface area contributed by atoms with E-state index in [-0.39, 0.29) is 42.7 Å². The van der Waals surface area contributed by atoms with E-state index in [1.165, 1.54) is 5.56 Å². The first-order chi connectivity index (χ1) is 25.1. The van der Waals surface area contributed by atoms with E-state index < -0.39 is 24.1 Å². The molecule has 11 heteroatoms. The molecular weight excluding hydrogens is 660 g/mol. The SMILES string of the molecule is Cc1ccc2cc1CNC(=O)C(CCc1ccc(C3(C)COC3)cc1)NC(=O)[C@@H](NC(=O)OCc1ccccc1)CC(=O)N1CCCC(CCO2)C1. The van der Waals surface area contributed by atoms with Crippen molar-refractivity contribution < 1.29 is 33.4 Å². The van der Waals surface area contributed by atoms with Gasteiger partial charge in [-0.15, -0.1) is 0 Å². The van der Waals surface area contributed by atoms with Gasteiger partial charge in [0.15, 0.2) is 0 Å². The molecule has 6 rings (SSSR count). The van der Waals surface area contributed by atoms with Crippen LogP contribution in [-0.2, 0) is 48.8 Å². The highest BCUT2D eigenvalue weighted by Gasteiger charge is 2.35. The van der Waals surface area contributed by atoms with Crippen LogP contribution < -0.4 is 20.7 Å². The van der Waals surface area contributed by atoms with Gasteiger partial charge in [-0.25, -0.2) is 4.79 Å². The van der Waals surface area contributed by atoms with Crippen LogP contribution in [0.1, 0.15) is 66.8 Å². The molecule has 3 atom stereocenters. The summed E-state index contributed by atoms with van der Waals surface area (Å²) in [5.74, 6) is -0.264. The number of nitrogens with zero attached hydrogens (tertiary/aromatic N) is 1. The molecule has 3 heterocycles. The van der Waals surface area contributed by atoms with Gasteiger partial charge >= 0.3 is 6.09 Å². The minimum Gasteiger partial charge on any atom is -0.494 e. The maximum Gasteiger partial charge on any atom is 0.408 e. The monoisotopic (exact) mass is 710 g/mol. The van der Waals surface area contributed by atoms with Crippen molar-refractivity contribution in [1.82, 2.24) is 20.9 Å². The number of amides is 4. The van der Waals surface area contributed by atoms with E-state index >= 15 is 0 Å². The Bertz CT molecular complexity index is 1710. The van der Waals surface area contributed by atoms with E-state index in [0.29, 0.717) is 45.8 Å². The largest absolute Gasteiger partial charge is 0.494 e. The van der Waals surface area contributed by atoms with Crippen molar-refractivity contribution in [2.75, 3.05) is 32.9 Å². The molecule has 4 bridgehead atoms. The van der Waals surface area contributed by atoms with Gasteiger partial charge in [0.2, 0.25) is 17.7 Å². The van der Waals surface area contributed by atoms with E-state index in [1.54, 1.807) is 4.90 Å². The van der Waals surface area contributed by atoms with E-state index in [2.05, 4.69) is 35.0 Å². The van der Waals surface area contributed by atoms with E-state index in [4.69, 9.17) is 14.2 Å². The second-order valence-electron chi connectivity index (χ2n) is 14.6. The lowest BCUT2D eigenvalue weighted by Crippen LogP contribution is -2.55. The molecule has 0 aliphatic carbocycles. The van der Waals surface area contributed by atoms with E-state index in [0.717, 1.165) is 47.3 Å². The lowest BCUT2D eigenvalue weighted by molar-refractivity contribution is -0.137. The van der Waals surface area contributed by atoms with Gasteiger partial charge in [0.05, 0.1) is 26.2 Å². The molecule has 0 radical (unpaired) electrons. The summed E-state index contributed by atoms with van der Waals surface area (Å²) in [6.45, 7) is 7.39. The number of nitrogens with one attached hydrogen (secondary N) is 3. The minimum absolute atomic E-state index is 0.00144. The average molecular weight is 711 g/mol. The summed E-state index contributed by atoms with van der Waals surface area (Å²) >= 11 is 0. The van der Waals surface area contributed by atoms with Crippen molar-refractivity contribution in [2.24, 2.45) is 5.92 Å². The Hall–Kier alpha value is -4.90. The summed E-state index contributed by atoms with van der Waals surface area (Å²) in [5.41, 5.74) is 4.93. The van der Waals surface area contributed by atoms with Gasteiger partial charge in [0.1, 0.15) is 24.4 Å². The van der Waals surface area contributed by atoms with Gasteiger partial charge < -0.3 is 35.1 Å². The Balaban J connectivity index is 1.22. The number of fused-ring (bicyclic) bond motifs is 4. The summed E-state index contributed by atoms with van der Waals surface area (Å²) in [7, 11) is 0. The average Bonchev–Trinajstić information content (AvgIpc) is 3.14. The molecule has 2 unspecified atom stereocenters. The van der Waals surface area contributed by atoms with Gasteiger partial charge in [-0.3, -0.25) is 14.4 Å². The fourth-order valence-corrected chi connectivity index (χ4v) is 7.03. The Kier molecular flexibility index (Phi) is 12.1. The highest BCUT2D eigenvalue weighted by molar-refractivity contribution is 5.94. The molecular formula is C41H50N4O7. The highest BCUT2D eigenvalue weighted by atomic mass is 16.5. The lowest BCUT2D eigenvalue weighted by Gasteiger charge is -2.38. The van der Waals surface area contributed by atoms with Crippen LogP contribution in [0.5, 0.6) is 5.75 Å². The van der Waals surface area contributed by atoms with Crippen molar-refractivity contribution in [3.8, 4) is 5.75 Å². The molecule has 52 heavy (non-hydrogen) atoms. The predicted molar refractivity (Wildman–Crippen MR) is 195 cm³/mol. The zero-order chi connectivity index (χ0) is 36.5. The molecule has 3 aromatic rings. The van der Waals surface area contributed by atoms with E-state index in [9.17, 15) is 19.2 Å². The summed E-state index contributed by atoms with van der Waals surface area (Å²) in [4.78, 5) is 56.4. The van der Waals surface area contributed by atoms with Gasteiger partial charge in [-0.05, 0) is 84.9 Å². The van der Waals surface area contributed by atoms with Gasteiger partial charge in [-0.2, -0.15) is 0 Å². The predicted octanol–water partition coefficient (Wildman–Crippen LogP) is 4.72. The number of hydrogen-bond acceptors (Lipinski definition) is 7. The van der Waals surface area contributed by atoms with Crippen molar-refractivity contribution in [1.29, 1.82) is 0 Å². The number of alkyl carbamates (subject to hydrolysis) is 1. The van der Waals surface area contributed by atoms with Gasteiger partial charge in [0, 0.05) is 25.0 Å². The quantitative estimate of drug-likeness (QED) is 0.323. The minimum atomic E-state index is -1.25. The molecule has 11 nitrogen and oxygen atoms in total. The summed E-state index contributed by atoms with van der Waals surface area (Å²) in [6, 6.07) is 21.1. The van der Waals surface area contributed by atoms with Gasteiger partial charge in [-0.1, -0.05) is 67.6 Å². The van der Waals surface area contributed by atoms with Crippen LogP contribution >= 0.6 is 0 Å². The first-order valence-corrected chi connectivity index (χ1v) is 18.4. The van der Waals surface area contributed by atoms with Crippen LogP contribution in [0.25, 0.3) is 0 Å². The number of aryl methyl sites for hydroxylation is 2. The maximum absolute atomic E-state index is 14.0. The molecule has 276 valence electrons. The third kappa shape index (κ3) is 9.70. The number of hydrogen-bond donors (Lipinski definition) is 3. The second-order valence-corrected chi connectivity index (χ2v) is 14.6. The number of rotatable bonds is 7. The topological polar surface area (TPSA) is 135 Å². The normalized spacial score (nSPS) is 22.4. The number of ether oxygens (including phenoxy) is 3. The zero-order valence-electron chi connectivity index (χ0n) is 30.2. The number of piperidine rings is 1. The summed E-state index contributed by atoms with van der Waals surface area (Å²) in [5, 5.41) is 8.53. The molecule has 3 aliphatic rings. The first kappa shape index (κ1) is 36.9. The standard InChI is InChI=1S/C41H50N4O7/c1-28-10-16-34-21-32(28)23-42-38(47)35(17-13-29-11-14-33(15-12-29)41(2)26-50-27-41)43-39(48)36(44-40(49)52-25-31-7-4-3-5-8-31)22-37(46)45-19-6-9-30(24-45)18-20-51-34/h3-5,7-8,10-12,14-16,21,30,35-36H,6,9,13,17-20,22-27H2,1-2H3,(H,42,47)(H,43,48)(H,44,49)/t30?,35?,36-/m0/s1. The van der Waals surface area contributed by atoms with Crippen LogP contribution in [0.15, 0.2) is 72.8 Å². The molecule has 3 aromatic carbocycles. The Morgan fingerprint density at radius 2 is 1.77 bits per heavy atom. The molecule has 2 fully saturated rings. The molecule has 3 aliphatic heterocycles. The summed E-state index contributed by atoms with van der Waals surface area (Å²) in [6.07, 6.45) is 2.31. The van der Waals surface area contributed by atoms with Gasteiger partial charge in [0.25, 0.3) is 0 Å². The first-order valence-electron chi connectivity index (χ1n) is 18.4. The Morgan fingerprint density at radius 1 is 0.981 bits per heavy atom. The maximum atomic E-state index is 14.0. The number of carbonyl (C=O) groups is 4. The Labute approximate surface area is 305 Å². The molecule has 4 amide bonds. The van der Waals surface area contributed by atoms with Crippen LogP contribution in [0.3, 0.4) is 0 Å². The number of carbonyl (C=O) groups excluding carboxylic acids is 4. The van der Waals surface area contributed by atoms with Crippen molar-refractivity contribution in [2.45, 2.75) is 83.0 Å². The molecule has 2 saturated heterocycles. The second kappa shape index (κ2) is 17.1. The van der Waals surface area contributed by atoms with Crippen LogP contribution in [0.4, 0.5) is 4.79 Å². The third-order valence-electron chi connectivity index (χ3n) is 10.5. The molecule has 0 spiro atoms. The fourth-order valence-electron chi connectivity index (χ4n) is 7.03. The highest BCUT2D eigenvalue weighted by Crippen LogP contribution is 2.32. The lowest BCUT2D eigenvalue weighted by atomic mass is 9.80. The van der Waals surface area contributed by atoms with Crippen molar-refractivity contribution >= 4 is 23.8 Å². The van der Waals surface area contributed by atoms with Crippen LogP contribution in [-0.4, -0.2) is 73.7 Å². The third-order valence-corrected chi connectivity index (χ3v) is 10.5.